The van der Waals surface area contributed by atoms with Crippen molar-refractivity contribution in [3.63, 3.8) is 0 Å². The number of nitrogens with one attached hydrogen (secondary N) is 2. The monoisotopic (exact) mass is 402 g/mol. The first kappa shape index (κ1) is 21.8. The molecule has 6 nitrogen and oxygen atoms in total. The largest absolute Gasteiger partial charge is 0.497 e. The fourth-order valence-electron chi connectivity index (χ4n) is 4.33. The van der Waals surface area contributed by atoms with Crippen LogP contribution >= 0.6 is 0 Å². The maximum Gasteiger partial charge on any atom is 0.191 e. The molecule has 1 aromatic carbocycles. The van der Waals surface area contributed by atoms with E-state index in [-0.39, 0.29) is 0 Å². The van der Waals surface area contributed by atoms with E-state index in [1.54, 1.807) is 7.11 Å². The van der Waals surface area contributed by atoms with Gasteiger partial charge in [-0.05, 0) is 44.7 Å². The molecule has 29 heavy (non-hydrogen) atoms. The molecule has 1 aliphatic carbocycles. The first-order chi connectivity index (χ1) is 14.3. The van der Waals surface area contributed by atoms with Gasteiger partial charge in [-0.15, -0.1) is 0 Å². The van der Waals surface area contributed by atoms with Crippen molar-refractivity contribution in [2.24, 2.45) is 4.99 Å². The van der Waals surface area contributed by atoms with Gasteiger partial charge in [0, 0.05) is 50.7 Å². The topological polar surface area (TPSA) is 58.1 Å². The minimum absolute atomic E-state index is 0.526. The van der Waals surface area contributed by atoms with Gasteiger partial charge in [0.25, 0.3) is 0 Å². The molecule has 6 heteroatoms. The van der Waals surface area contributed by atoms with E-state index in [1.807, 2.05) is 24.3 Å². The number of methoxy groups -OCH3 is 1. The van der Waals surface area contributed by atoms with Crippen molar-refractivity contribution in [1.29, 1.82) is 0 Å². The van der Waals surface area contributed by atoms with E-state index in [4.69, 9.17) is 14.5 Å². The summed E-state index contributed by atoms with van der Waals surface area (Å²) in [6, 6.07) is 9.10. The normalized spacial score (nSPS) is 19.3. The Kier molecular flexibility index (Phi) is 8.93. The standard InChI is InChI=1S/C23H38N4O2/c1-3-24-23(25-14-7-17-29-22-11-6-10-21(18-22)28-2)26-19-12-15-27(16-13-19)20-8-4-5-9-20/h6,10-11,18-20H,3-5,7-9,12-17H2,1-2H3,(H2,24,25,26). The van der Waals surface area contributed by atoms with Gasteiger partial charge in [-0.2, -0.15) is 0 Å². The molecule has 2 fully saturated rings. The van der Waals surface area contributed by atoms with Crippen LogP contribution in [0.5, 0.6) is 11.5 Å². The molecule has 1 saturated heterocycles. The molecule has 0 unspecified atom stereocenters. The lowest BCUT2D eigenvalue weighted by molar-refractivity contribution is 0.150. The molecule has 1 heterocycles. The number of nitrogens with zero attached hydrogens (tertiary/aromatic N) is 2. The van der Waals surface area contributed by atoms with E-state index < -0.39 is 0 Å². The molecule has 2 aliphatic rings. The molecular weight excluding hydrogens is 364 g/mol. The number of likely N-dealkylation sites (tertiary alicyclic amines) is 1. The molecule has 162 valence electrons. The van der Waals surface area contributed by atoms with Crippen molar-refractivity contribution < 1.29 is 9.47 Å². The van der Waals surface area contributed by atoms with Gasteiger partial charge in [-0.1, -0.05) is 18.9 Å². The molecular formula is C23H38N4O2. The van der Waals surface area contributed by atoms with Gasteiger partial charge in [0.15, 0.2) is 5.96 Å². The number of hydrogen-bond donors (Lipinski definition) is 2. The third-order valence-corrected chi connectivity index (χ3v) is 5.94. The molecule has 0 radical (unpaired) electrons. The number of guanidine groups is 1. The van der Waals surface area contributed by atoms with Gasteiger partial charge in [-0.25, -0.2) is 0 Å². The van der Waals surface area contributed by atoms with Crippen molar-refractivity contribution in [2.45, 2.75) is 64.0 Å². The Labute approximate surface area is 176 Å². The summed E-state index contributed by atoms with van der Waals surface area (Å²) in [5.41, 5.74) is 0. The van der Waals surface area contributed by atoms with Crippen LogP contribution in [-0.4, -0.2) is 62.8 Å². The minimum atomic E-state index is 0.526. The summed E-state index contributed by atoms with van der Waals surface area (Å²) >= 11 is 0. The fraction of sp³-hybridized carbons (Fsp3) is 0.696. The minimum Gasteiger partial charge on any atom is -0.497 e. The highest BCUT2D eigenvalue weighted by Crippen LogP contribution is 2.26. The van der Waals surface area contributed by atoms with Crippen molar-refractivity contribution in [1.82, 2.24) is 15.5 Å². The maximum atomic E-state index is 5.81. The Morgan fingerprint density at radius 3 is 2.62 bits per heavy atom. The number of benzene rings is 1. The summed E-state index contributed by atoms with van der Waals surface area (Å²) in [5, 5.41) is 7.03. The third kappa shape index (κ3) is 7.11. The van der Waals surface area contributed by atoms with Gasteiger partial charge < -0.3 is 25.0 Å². The van der Waals surface area contributed by atoms with Crippen LogP contribution in [0.15, 0.2) is 29.3 Å². The molecule has 2 N–H and O–H groups in total. The van der Waals surface area contributed by atoms with Gasteiger partial charge in [0.05, 0.1) is 13.7 Å². The summed E-state index contributed by atoms with van der Waals surface area (Å²) in [5.74, 6) is 2.60. The average Bonchev–Trinajstić information content (AvgIpc) is 3.29. The summed E-state index contributed by atoms with van der Waals surface area (Å²) in [7, 11) is 1.67. The van der Waals surface area contributed by atoms with Crippen LogP contribution in [0.3, 0.4) is 0 Å². The highest BCUT2D eigenvalue weighted by atomic mass is 16.5. The van der Waals surface area contributed by atoms with Crippen LogP contribution in [0.1, 0.15) is 51.9 Å². The average molecular weight is 403 g/mol. The second-order valence-corrected chi connectivity index (χ2v) is 8.03. The predicted molar refractivity (Wildman–Crippen MR) is 119 cm³/mol. The summed E-state index contributed by atoms with van der Waals surface area (Å²) in [6.07, 6.45) is 8.94. The van der Waals surface area contributed by atoms with Crippen LogP contribution in [0, 0.1) is 0 Å². The van der Waals surface area contributed by atoms with Crippen molar-refractivity contribution in [3.8, 4) is 11.5 Å². The van der Waals surface area contributed by atoms with Gasteiger partial charge in [-0.3, -0.25) is 4.99 Å². The number of aliphatic imine (C=N–C) groups is 1. The molecule has 1 saturated carbocycles. The highest BCUT2D eigenvalue weighted by Gasteiger charge is 2.27. The van der Waals surface area contributed by atoms with Crippen LogP contribution in [0.25, 0.3) is 0 Å². The van der Waals surface area contributed by atoms with Gasteiger partial charge >= 0.3 is 0 Å². The summed E-state index contributed by atoms with van der Waals surface area (Å²) in [6.45, 7) is 6.83. The molecule has 0 bridgehead atoms. The zero-order valence-corrected chi connectivity index (χ0v) is 18.2. The predicted octanol–water partition coefficient (Wildman–Crippen LogP) is 3.43. The van der Waals surface area contributed by atoms with E-state index in [9.17, 15) is 0 Å². The quantitative estimate of drug-likeness (QED) is 0.377. The van der Waals surface area contributed by atoms with Crippen LogP contribution in [0.2, 0.25) is 0 Å². The van der Waals surface area contributed by atoms with Crippen LogP contribution in [0.4, 0.5) is 0 Å². The first-order valence-electron chi connectivity index (χ1n) is 11.3. The van der Waals surface area contributed by atoms with E-state index >= 15 is 0 Å². The molecule has 1 aromatic rings. The molecule has 3 rings (SSSR count). The molecule has 0 atom stereocenters. The number of ether oxygens (including phenoxy) is 2. The molecule has 0 spiro atoms. The molecule has 0 amide bonds. The Bertz CT molecular complexity index is 623. The Morgan fingerprint density at radius 2 is 1.90 bits per heavy atom. The highest BCUT2D eigenvalue weighted by molar-refractivity contribution is 5.80. The molecule has 1 aliphatic heterocycles. The lowest BCUT2D eigenvalue weighted by Crippen LogP contribution is -2.50. The van der Waals surface area contributed by atoms with Crippen molar-refractivity contribution in [3.05, 3.63) is 24.3 Å². The van der Waals surface area contributed by atoms with Crippen molar-refractivity contribution >= 4 is 5.96 Å². The van der Waals surface area contributed by atoms with Gasteiger partial charge in [0.1, 0.15) is 11.5 Å². The van der Waals surface area contributed by atoms with Gasteiger partial charge in [0.2, 0.25) is 0 Å². The fourth-order valence-corrected chi connectivity index (χ4v) is 4.33. The Hall–Kier alpha value is -1.95. The molecule has 0 aromatic heterocycles. The van der Waals surface area contributed by atoms with Crippen molar-refractivity contribution in [2.75, 3.05) is 39.9 Å². The Balaban J connectivity index is 1.36. The van der Waals surface area contributed by atoms with Crippen LogP contribution in [-0.2, 0) is 0 Å². The lowest BCUT2D eigenvalue weighted by Gasteiger charge is -2.36. The van der Waals surface area contributed by atoms with Crippen LogP contribution < -0.4 is 20.1 Å². The zero-order chi connectivity index (χ0) is 20.3. The van der Waals surface area contributed by atoms with E-state index in [2.05, 4.69) is 22.5 Å². The summed E-state index contributed by atoms with van der Waals surface area (Å²) in [4.78, 5) is 7.46. The SMILES string of the molecule is CCNC(=NCCCOc1cccc(OC)c1)NC1CCN(C2CCCC2)CC1. The third-order valence-electron chi connectivity index (χ3n) is 5.94. The first-order valence-corrected chi connectivity index (χ1v) is 11.3. The maximum absolute atomic E-state index is 5.81. The number of hydrogen-bond acceptors (Lipinski definition) is 4. The zero-order valence-electron chi connectivity index (χ0n) is 18.2. The summed E-state index contributed by atoms with van der Waals surface area (Å²) < 4.78 is 11.0. The number of piperidine rings is 1. The Morgan fingerprint density at radius 1 is 1.14 bits per heavy atom. The second kappa shape index (κ2) is 11.9. The second-order valence-electron chi connectivity index (χ2n) is 8.03. The van der Waals surface area contributed by atoms with E-state index in [0.717, 1.165) is 43.0 Å². The lowest BCUT2D eigenvalue weighted by atomic mass is 10.0. The number of rotatable bonds is 9. The van der Waals surface area contributed by atoms with E-state index in [1.165, 1.54) is 51.6 Å². The van der Waals surface area contributed by atoms with E-state index in [0.29, 0.717) is 12.6 Å². The smallest absolute Gasteiger partial charge is 0.191 e.